The maximum Gasteiger partial charge on any atom is 0.283 e. The molecule has 4 aromatic heterocycles. The Morgan fingerprint density at radius 2 is 2.07 bits per heavy atom. The van der Waals surface area contributed by atoms with E-state index in [0.717, 1.165) is 12.2 Å². The van der Waals surface area contributed by atoms with Crippen LogP contribution in [-0.2, 0) is 6.54 Å². The molecule has 9 heteroatoms. The summed E-state index contributed by atoms with van der Waals surface area (Å²) >= 11 is 1.37. The van der Waals surface area contributed by atoms with Crippen LogP contribution in [0.5, 0.6) is 0 Å². The Hall–Kier alpha value is -3.20. The van der Waals surface area contributed by atoms with E-state index < -0.39 is 0 Å². The SMILES string of the molecule is CCCN(Cc1nnc(-c2ccco2)o1)C(=O)c1csc(-c2ccc(C)o2)n1. The predicted octanol–water partition coefficient (Wildman–Crippen LogP) is 4.41. The number of nitrogens with zero attached hydrogens (tertiary/aromatic N) is 4. The fraction of sp³-hybridized carbons (Fsp3) is 0.263. The molecule has 4 rings (SSSR count). The summed E-state index contributed by atoms with van der Waals surface area (Å²) in [6.45, 7) is 4.62. The first-order valence-corrected chi connectivity index (χ1v) is 9.70. The van der Waals surface area contributed by atoms with Crippen LogP contribution >= 0.6 is 11.3 Å². The van der Waals surface area contributed by atoms with Gasteiger partial charge in [-0.15, -0.1) is 21.5 Å². The molecule has 0 aliphatic rings. The van der Waals surface area contributed by atoms with Crippen molar-refractivity contribution >= 4 is 17.2 Å². The fourth-order valence-corrected chi connectivity index (χ4v) is 3.45. The Morgan fingerprint density at radius 3 is 2.79 bits per heavy atom. The van der Waals surface area contributed by atoms with Crippen molar-refractivity contribution in [3.8, 4) is 22.4 Å². The molecule has 0 N–H and O–H groups in total. The van der Waals surface area contributed by atoms with Gasteiger partial charge in [0.15, 0.2) is 16.5 Å². The van der Waals surface area contributed by atoms with Gasteiger partial charge < -0.3 is 18.2 Å². The van der Waals surface area contributed by atoms with Crippen molar-refractivity contribution < 1.29 is 18.0 Å². The molecule has 0 atom stereocenters. The third-order valence-electron chi connectivity index (χ3n) is 3.98. The topological polar surface area (TPSA) is 98.4 Å². The predicted molar refractivity (Wildman–Crippen MR) is 102 cm³/mol. The van der Waals surface area contributed by atoms with Gasteiger partial charge in [0, 0.05) is 11.9 Å². The molecule has 0 radical (unpaired) electrons. The zero-order valence-corrected chi connectivity index (χ0v) is 16.2. The van der Waals surface area contributed by atoms with E-state index in [4.69, 9.17) is 13.3 Å². The Kier molecular flexibility index (Phi) is 5.07. The molecule has 0 saturated heterocycles. The van der Waals surface area contributed by atoms with Crippen molar-refractivity contribution in [1.29, 1.82) is 0 Å². The second-order valence-corrected chi connectivity index (χ2v) is 7.01. The highest BCUT2D eigenvalue weighted by Crippen LogP contribution is 2.26. The minimum atomic E-state index is -0.189. The lowest BCUT2D eigenvalue weighted by molar-refractivity contribution is 0.0723. The summed E-state index contributed by atoms with van der Waals surface area (Å²) in [6, 6.07) is 7.19. The number of carbonyl (C=O) groups is 1. The minimum absolute atomic E-state index is 0.189. The summed E-state index contributed by atoms with van der Waals surface area (Å²) in [4.78, 5) is 19.0. The van der Waals surface area contributed by atoms with Crippen molar-refractivity contribution in [2.24, 2.45) is 0 Å². The van der Waals surface area contributed by atoms with Gasteiger partial charge in [0.1, 0.15) is 11.5 Å². The highest BCUT2D eigenvalue weighted by atomic mass is 32.1. The molecule has 28 heavy (non-hydrogen) atoms. The molecule has 0 aromatic carbocycles. The van der Waals surface area contributed by atoms with Crippen LogP contribution in [0.15, 0.2) is 49.2 Å². The minimum Gasteiger partial charge on any atom is -0.459 e. The summed E-state index contributed by atoms with van der Waals surface area (Å²) in [5.74, 6) is 2.38. The standard InChI is InChI=1S/C19H18N4O4S/c1-3-8-23(10-16-21-22-17(27-16)14-5-4-9-25-14)19(24)13-11-28-18(20-13)15-7-6-12(2)26-15/h4-7,9,11H,3,8,10H2,1-2H3. The third-order valence-corrected chi connectivity index (χ3v) is 4.84. The number of rotatable bonds is 7. The van der Waals surface area contributed by atoms with Crippen LogP contribution in [0.4, 0.5) is 0 Å². The van der Waals surface area contributed by atoms with Crippen LogP contribution in [0.2, 0.25) is 0 Å². The van der Waals surface area contributed by atoms with E-state index in [9.17, 15) is 4.79 Å². The van der Waals surface area contributed by atoms with E-state index in [1.54, 1.807) is 22.4 Å². The molecule has 0 unspecified atom stereocenters. The highest BCUT2D eigenvalue weighted by molar-refractivity contribution is 7.13. The van der Waals surface area contributed by atoms with Crippen LogP contribution in [0.1, 0.15) is 35.5 Å². The highest BCUT2D eigenvalue weighted by Gasteiger charge is 2.22. The first-order valence-electron chi connectivity index (χ1n) is 8.82. The number of thiazole rings is 1. The lowest BCUT2D eigenvalue weighted by Crippen LogP contribution is -2.31. The molecule has 1 amide bonds. The van der Waals surface area contributed by atoms with Gasteiger partial charge in [-0.2, -0.15) is 0 Å². The van der Waals surface area contributed by atoms with Gasteiger partial charge >= 0.3 is 0 Å². The molecular formula is C19H18N4O4S. The largest absolute Gasteiger partial charge is 0.459 e. The maximum atomic E-state index is 13.0. The number of aryl methyl sites for hydroxylation is 1. The smallest absolute Gasteiger partial charge is 0.283 e. The Balaban J connectivity index is 1.51. The van der Waals surface area contributed by atoms with Crippen molar-refractivity contribution in [3.63, 3.8) is 0 Å². The third kappa shape index (κ3) is 3.74. The molecule has 8 nitrogen and oxygen atoms in total. The monoisotopic (exact) mass is 398 g/mol. The van der Waals surface area contributed by atoms with E-state index in [2.05, 4.69) is 15.2 Å². The summed E-state index contributed by atoms with van der Waals surface area (Å²) in [5.41, 5.74) is 0.369. The van der Waals surface area contributed by atoms with Gasteiger partial charge in [0.25, 0.3) is 11.8 Å². The van der Waals surface area contributed by atoms with Gasteiger partial charge in [0.05, 0.1) is 12.8 Å². The molecule has 0 spiro atoms. The van der Waals surface area contributed by atoms with Gasteiger partial charge in [-0.3, -0.25) is 4.79 Å². The van der Waals surface area contributed by atoms with Crippen LogP contribution < -0.4 is 0 Å². The van der Waals surface area contributed by atoms with Crippen LogP contribution in [0, 0.1) is 6.92 Å². The van der Waals surface area contributed by atoms with Crippen molar-refractivity contribution in [2.75, 3.05) is 6.54 Å². The van der Waals surface area contributed by atoms with E-state index in [0.29, 0.717) is 34.7 Å². The molecule has 144 valence electrons. The molecule has 0 saturated carbocycles. The van der Waals surface area contributed by atoms with E-state index in [1.807, 2.05) is 26.0 Å². The summed E-state index contributed by atoms with van der Waals surface area (Å²) in [7, 11) is 0. The molecule has 0 aliphatic heterocycles. The maximum absolute atomic E-state index is 13.0. The molecule has 4 heterocycles. The average Bonchev–Trinajstić information content (AvgIpc) is 3.45. The molecular weight excluding hydrogens is 380 g/mol. The summed E-state index contributed by atoms with van der Waals surface area (Å²) in [6.07, 6.45) is 2.33. The molecule has 0 aliphatic carbocycles. The normalized spacial score (nSPS) is 11.1. The number of amides is 1. The second kappa shape index (κ2) is 7.81. The Morgan fingerprint density at radius 1 is 1.18 bits per heavy atom. The van der Waals surface area contributed by atoms with Crippen molar-refractivity contribution in [2.45, 2.75) is 26.8 Å². The molecule has 0 bridgehead atoms. The number of carbonyl (C=O) groups excluding carboxylic acids is 1. The van der Waals surface area contributed by atoms with Crippen molar-refractivity contribution in [1.82, 2.24) is 20.1 Å². The summed E-state index contributed by atoms with van der Waals surface area (Å²) < 4.78 is 16.5. The Labute approximate surface area is 164 Å². The van der Waals surface area contributed by atoms with Crippen LogP contribution in [0.25, 0.3) is 22.4 Å². The van der Waals surface area contributed by atoms with Crippen LogP contribution in [-0.4, -0.2) is 32.5 Å². The number of aromatic nitrogens is 3. The van der Waals surface area contributed by atoms with E-state index in [1.165, 1.54) is 17.6 Å². The zero-order valence-electron chi connectivity index (χ0n) is 15.4. The van der Waals surface area contributed by atoms with Crippen LogP contribution in [0.3, 0.4) is 0 Å². The van der Waals surface area contributed by atoms with Gasteiger partial charge in [0.2, 0.25) is 5.89 Å². The lowest BCUT2D eigenvalue weighted by atomic mass is 10.3. The van der Waals surface area contributed by atoms with Crippen molar-refractivity contribution in [3.05, 3.63) is 53.3 Å². The number of hydrogen-bond acceptors (Lipinski definition) is 8. The van der Waals surface area contributed by atoms with Gasteiger partial charge in [-0.25, -0.2) is 4.98 Å². The second-order valence-electron chi connectivity index (χ2n) is 6.15. The van der Waals surface area contributed by atoms with E-state index in [-0.39, 0.29) is 18.3 Å². The average molecular weight is 398 g/mol. The quantitative estimate of drug-likeness (QED) is 0.455. The first kappa shape index (κ1) is 18.2. The van der Waals surface area contributed by atoms with E-state index >= 15 is 0 Å². The number of hydrogen-bond donors (Lipinski definition) is 0. The summed E-state index contributed by atoms with van der Waals surface area (Å²) in [5, 5.41) is 10.4. The first-order chi connectivity index (χ1) is 13.6. The fourth-order valence-electron chi connectivity index (χ4n) is 2.70. The lowest BCUT2D eigenvalue weighted by Gasteiger charge is -2.18. The number of furan rings is 2. The molecule has 4 aromatic rings. The zero-order chi connectivity index (χ0) is 19.5. The van der Waals surface area contributed by atoms with Gasteiger partial charge in [-0.05, 0) is 37.6 Å². The molecule has 0 fully saturated rings. The van der Waals surface area contributed by atoms with Gasteiger partial charge in [-0.1, -0.05) is 6.92 Å². The Bertz CT molecular complexity index is 1060.